The summed E-state index contributed by atoms with van der Waals surface area (Å²) in [5.74, 6) is -3.55. The van der Waals surface area contributed by atoms with E-state index in [1.54, 1.807) is 32.0 Å². The molecule has 0 unspecified atom stereocenters. The van der Waals surface area contributed by atoms with Crippen LogP contribution in [0, 0.1) is 5.92 Å². The van der Waals surface area contributed by atoms with Crippen molar-refractivity contribution in [2.24, 2.45) is 5.92 Å². The Morgan fingerprint density at radius 3 is 2.19 bits per heavy atom. The molecule has 2 aromatic rings. The van der Waals surface area contributed by atoms with E-state index < -0.39 is 35.7 Å². The highest BCUT2D eigenvalue weighted by Crippen LogP contribution is 2.35. The Morgan fingerprint density at radius 1 is 0.972 bits per heavy atom. The third kappa shape index (κ3) is 7.08. The number of carbonyl (C=O) groups excluding carboxylic acids is 3. The summed E-state index contributed by atoms with van der Waals surface area (Å²) in [4.78, 5) is 51.1. The van der Waals surface area contributed by atoms with Crippen molar-refractivity contribution in [3.05, 3.63) is 63.6 Å². The zero-order chi connectivity index (χ0) is 26.5. The molecule has 1 fully saturated rings. The van der Waals surface area contributed by atoms with Crippen LogP contribution in [0.4, 0.5) is 5.69 Å². The molecule has 1 amide bonds. The van der Waals surface area contributed by atoms with Crippen molar-refractivity contribution in [1.82, 2.24) is 0 Å². The second-order valence-corrected chi connectivity index (χ2v) is 10.3. The average molecular weight is 534 g/mol. The number of nitrogens with zero attached hydrogens (tertiary/aromatic N) is 1. The number of hydrogen-bond donors (Lipinski definition) is 1. The molecule has 0 radical (unpaired) electrons. The standard InChI is InChI=1S/C27H29Cl2NO6/c1-27(2,19-6-4-3-5-7-19)36-26(35)23(31)15-24(32)30(16-17-8-13-21(28)22(29)14-17)20-11-9-18(10-12-20)25(33)34/h8-14,19H,3-7,15-16H2,1-2H3,(H,33,34). The Kier molecular flexibility index (Phi) is 9.14. The van der Waals surface area contributed by atoms with Crippen LogP contribution >= 0.6 is 23.2 Å². The number of amides is 1. The van der Waals surface area contributed by atoms with Gasteiger partial charge in [0, 0.05) is 5.69 Å². The van der Waals surface area contributed by atoms with Gasteiger partial charge in [-0.3, -0.25) is 9.59 Å². The monoisotopic (exact) mass is 533 g/mol. The van der Waals surface area contributed by atoms with Gasteiger partial charge in [-0.25, -0.2) is 9.59 Å². The van der Waals surface area contributed by atoms with Gasteiger partial charge in [-0.05, 0) is 74.6 Å². The average Bonchev–Trinajstić information content (AvgIpc) is 2.85. The summed E-state index contributed by atoms with van der Waals surface area (Å²) < 4.78 is 5.56. The number of ether oxygens (including phenoxy) is 1. The minimum absolute atomic E-state index is 0.0258. The molecule has 1 saturated carbocycles. The minimum Gasteiger partial charge on any atom is -0.478 e. The lowest BCUT2D eigenvalue weighted by molar-refractivity contribution is -0.169. The number of benzene rings is 2. The van der Waals surface area contributed by atoms with Crippen molar-refractivity contribution >= 4 is 52.5 Å². The van der Waals surface area contributed by atoms with Crippen LogP contribution in [0.2, 0.25) is 10.0 Å². The lowest BCUT2D eigenvalue weighted by Crippen LogP contribution is -2.41. The lowest BCUT2D eigenvalue weighted by Gasteiger charge is -2.36. The Labute approximate surface area is 220 Å². The molecule has 0 aliphatic heterocycles. The van der Waals surface area contributed by atoms with E-state index in [4.69, 9.17) is 27.9 Å². The number of anilines is 1. The molecule has 1 aliphatic rings. The molecule has 0 atom stereocenters. The molecule has 1 N–H and O–H groups in total. The molecule has 192 valence electrons. The molecular weight excluding hydrogens is 505 g/mol. The maximum absolute atomic E-state index is 13.2. The van der Waals surface area contributed by atoms with Crippen molar-refractivity contribution < 1.29 is 29.0 Å². The third-order valence-electron chi connectivity index (χ3n) is 6.54. The molecule has 0 heterocycles. The second kappa shape index (κ2) is 11.9. The van der Waals surface area contributed by atoms with Gasteiger partial charge < -0.3 is 14.7 Å². The minimum atomic E-state index is -1.11. The molecule has 2 aromatic carbocycles. The smallest absolute Gasteiger partial charge is 0.375 e. The van der Waals surface area contributed by atoms with Gasteiger partial charge in [0.15, 0.2) is 0 Å². The van der Waals surface area contributed by atoms with Gasteiger partial charge in [0.2, 0.25) is 11.7 Å². The predicted molar refractivity (Wildman–Crippen MR) is 137 cm³/mol. The third-order valence-corrected chi connectivity index (χ3v) is 7.27. The Balaban J connectivity index is 1.77. The summed E-state index contributed by atoms with van der Waals surface area (Å²) in [6, 6.07) is 10.5. The number of halogens is 2. The zero-order valence-electron chi connectivity index (χ0n) is 20.3. The van der Waals surface area contributed by atoms with E-state index in [0.717, 1.165) is 32.1 Å². The summed E-state index contributed by atoms with van der Waals surface area (Å²) in [7, 11) is 0. The SMILES string of the molecule is CC(C)(OC(=O)C(=O)CC(=O)N(Cc1ccc(Cl)c(Cl)c1)c1ccc(C(=O)O)cc1)C1CCCCC1. The Hall–Kier alpha value is -2.90. The number of carboxylic acid groups (broad SMARTS) is 1. The van der Waals surface area contributed by atoms with Crippen LogP contribution < -0.4 is 4.90 Å². The molecule has 9 heteroatoms. The largest absolute Gasteiger partial charge is 0.478 e. The summed E-state index contributed by atoms with van der Waals surface area (Å²) in [6.45, 7) is 3.63. The maximum Gasteiger partial charge on any atom is 0.375 e. The van der Waals surface area contributed by atoms with Crippen LogP contribution in [0.25, 0.3) is 0 Å². The number of aromatic carboxylic acids is 1. The van der Waals surface area contributed by atoms with Crippen LogP contribution in [-0.4, -0.2) is 34.3 Å². The van der Waals surface area contributed by atoms with Crippen molar-refractivity contribution in [2.45, 2.75) is 64.5 Å². The maximum atomic E-state index is 13.2. The molecule has 7 nitrogen and oxygen atoms in total. The zero-order valence-corrected chi connectivity index (χ0v) is 21.8. The van der Waals surface area contributed by atoms with E-state index in [2.05, 4.69) is 0 Å². The van der Waals surface area contributed by atoms with Crippen LogP contribution in [0.1, 0.15) is 68.3 Å². The molecule has 3 rings (SSSR count). The second-order valence-electron chi connectivity index (χ2n) is 9.51. The lowest BCUT2D eigenvalue weighted by atomic mass is 9.79. The fourth-order valence-electron chi connectivity index (χ4n) is 4.41. The molecule has 36 heavy (non-hydrogen) atoms. The van der Waals surface area contributed by atoms with Gasteiger partial charge in [0.25, 0.3) is 0 Å². The summed E-state index contributed by atoms with van der Waals surface area (Å²) >= 11 is 12.1. The normalized spacial score (nSPS) is 14.2. The van der Waals surface area contributed by atoms with E-state index in [1.165, 1.54) is 29.2 Å². The number of ketones is 1. The van der Waals surface area contributed by atoms with Crippen molar-refractivity contribution in [2.75, 3.05) is 4.90 Å². The molecular formula is C27H29Cl2NO6. The number of Topliss-reactive ketones (excluding diaryl/α,β-unsaturated/α-hetero) is 1. The fourth-order valence-corrected chi connectivity index (χ4v) is 4.73. The van der Waals surface area contributed by atoms with E-state index >= 15 is 0 Å². The quantitative estimate of drug-likeness (QED) is 0.238. The number of rotatable bonds is 9. The van der Waals surface area contributed by atoms with Crippen molar-refractivity contribution in [1.29, 1.82) is 0 Å². The van der Waals surface area contributed by atoms with E-state index in [1.807, 2.05) is 0 Å². The summed E-state index contributed by atoms with van der Waals surface area (Å²) in [5.41, 5.74) is 0.237. The van der Waals surface area contributed by atoms with Gasteiger partial charge in [-0.1, -0.05) is 48.5 Å². The van der Waals surface area contributed by atoms with Gasteiger partial charge in [-0.15, -0.1) is 0 Å². The van der Waals surface area contributed by atoms with Gasteiger partial charge >= 0.3 is 11.9 Å². The molecule has 0 spiro atoms. The topological polar surface area (TPSA) is 101 Å². The first kappa shape index (κ1) is 27.7. The number of esters is 1. The molecule has 0 bridgehead atoms. The van der Waals surface area contributed by atoms with Crippen LogP contribution in [-0.2, 0) is 25.7 Å². The molecule has 0 aromatic heterocycles. The van der Waals surface area contributed by atoms with Crippen molar-refractivity contribution in [3.8, 4) is 0 Å². The van der Waals surface area contributed by atoms with Gasteiger partial charge in [-0.2, -0.15) is 0 Å². The van der Waals surface area contributed by atoms with Crippen LogP contribution in [0.15, 0.2) is 42.5 Å². The summed E-state index contributed by atoms with van der Waals surface area (Å²) in [5, 5.41) is 9.83. The Bertz CT molecular complexity index is 1140. The van der Waals surface area contributed by atoms with Crippen LogP contribution in [0.5, 0.6) is 0 Å². The highest BCUT2D eigenvalue weighted by molar-refractivity contribution is 6.42. The summed E-state index contributed by atoms with van der Waals surface area (Å²) in [6.07, 6.45) is 4.43. The van der Waals surface area contributed by atoms with Crippen LogP contribution in [0.3, 0.4) is 0 Å². The van der Waals surface area contributed by atoms with E-state index in [-0.39, 0.29) is 18.0 Å². The molecule has 1 aliphatic carbocycles. The number of carbonyl (C=O) groups is 4. The molecule has 0 saturated heterocycles. The van der Waals surface area contributed by atoms with E-state index in [9.17, 15) is 24.3 Å². The number of hydrogen-bond acceptors (Lipinski definition) is 5. The first-order valence-corrected chi connectivity index (χ1v) is 12.6. The first-order valence-electron chi connectivity index (χ1n) is 11.8. The van der Waals surface area contributed by atoms with Gasteiger partial charge in [0.05, 0.1) is 28.6 Å². The highest BCUT2D eigenvalue weighted by atomic mass is 35.5. The fraction of sp³-hybridized carbons (Fsp3) is 0.407. The Morgan fingerprint density at radius 2 is 1.61 bits per heavy atom. The predicted octanol–water partition coefficient (Wildman–Crippen LogP) is 6.09. The first-order chi connectivity index (χ1) is 17.0. The van der Waals surface area contributed by atoms with E-state index in [0.29, 0.717) is 21.3 Å². The van der Waals surface area contributed by atoms with Gasteiger partial charge in [0.1, 0.15) is 5.60 Å². The number of carboxylic acids is 1. The highest BCUT2D eigenvalue weighted by Gasteiger charge is 2.36. The van der Waals surface area contributed by atoms with Crippen molar-refractivity contribution in [3.63, 3.8) is 0 Å².